The number of nitrogens with zero attached hydrogens (tertiary/aromatic N) is 1. The number of hydrogen-bond donors (Lipinski definition) is 3. The smallest absolute Gasteiger partial charge is 0.408 e. The van der Waals surface area contributed by atoms with Gasteiger partial charge in [-0.1, -0.05) is 24.3 Å². The van der Waals surface area contributed by atoms with E-state index in [9.17, 15) is 9.59 Å². The third-order valence-corrected chi connectivity index (χ3v) is 5.29. The lowest BCUT2D eigenvalue weighted by Gasteiger charge is -2.25. The van der Waals surface area contributed by atoms with E-state index in [2.05, 4.69) is 15.6 Å². The Bertz CT molecular complexity index is 1030. The number of carbonyl (C=O) groups is 2. The number of amidine groups is 1. The molecule has 8 nitrogen and oxygen atoms in total. The predicted octanol–water partition coefficient (Wildman–Crippen LogP) is 4.62. The van der Waals surface area contributed by atoms with Gasteiger partial charge in [-0.15, -0.1) is 0 Å². The fraction of sp³-hybridized carbons (Fsp3) is 0.423. The van der Waals surface area contributed by atoms with E-state index >= 15 is 0 Å². The molecule has 0 bridgehead atoms. The Morgan fingerprint density at radius 2 is 1.88 bits per heavy atom. The van der Waals surface area contributed by atoms with Gasteiger partial charge in [0.05, 0.1) is 6.04 Å². The SMILES string of the molecule is CC1Oc2ccc(C(CCCCNC(=O)c3ccccc3)NC(=O)OC(C)(C)C)cc2N=C1N. The van der Waals surface area contributed by atoms with Crippen molar-refractivity contribution in [2.75, 3.05) is 6.54 Å². The van der Waals surface area contributed by atoms with Gasteiger partial charge in [0.2, 0.25) is 0 Å². The molecule has 0 saturated heterocycles. The molecule has 34 heavy (non-hydrogen) atoms. The molecule has 2 aromatic carbocycles. The lowest BCUT2D eigenvalue weighted by molar-refractivity contribution is 0.0500. The fourth-order valence-corrected chi connectivity index (χ4v) is 3.56. The molecule has 2 atom stereocenters. The first-order valence-electron chi connectivity index (χ1n) is 11.6. The number of fused-ring (bicyclic) bond motifs is 1. The third-order valence-electron chi connectivity index (χ3n) is 5.29. The number of amides is 2. The van der Waals surface area contributed by atoms with E-state index < -0.39 is 11.7 Å². The van der Waals surface area contributed by atoms with Crippen molar-refractivity contribution in [1.29, 1.82) is 0 Å². The van der Waals surface area contributed by atoms with Crippen molar-refractivity contribution >= 4 is 23.5 Å². The lowest BCUT2D eigenvalue weighted by Crippen LogP contribution is -2.35. The molecule has 0 aromatic heterocycles. The molecule has 0 fully saturated rings. The summed E-state index contributed by atoms with van der Waals surface area (Å²) in [5, 5.41) is 5.91. The van der Waals surface area contributed by atoms with E-state index in [1.54, 1.807) is 12.1 Å². The highest BCUT2D eigenvalue weighted by Crippen LogP contribution is 2.35. The van der Waals surface area contributed by atoms with Gasteiger partial charge in [0, 0.05) is 12.1 Å². The number of rotatable bonds is 8. The number of unbranched alkanes of at least 4 members (excludes halogenated alkanes) is 1. The van der Waals surface area contributed by atoms with E-state index in [-0.39, 0.29) is 18.1 Å². The summed E-state index contributed by atoms with van der Waals surface area (Å²) in [5.74, 6) is 0.976. The fourth-order valence-electron chi connectivity index (χ4n) is 3.56. The molecule has 3 rings (SSSR count). The summed E-state index contributed by atoms with van der Waals surface area (Å²) in [6.45, 7) is 7.87. The molecule has 0 aliphatic carbocycles. The molecule has 8 heteroatoms. The normalized spacial score (nSPS) is 15.9. The topological polar surface area (TPSA) is 115 Å². The van der Waals surface area contributed by atoms with Crippen LogP contribution >= 0.6 is 0 Å². The molecule has 4 N–H and O–H groups in total. The summed E-state index contributed by atoms with van der Waals surface area (Å²) in [6, 6.07) is 14.5. The van der Waals surface area contributed by atoms with Crippen molar-refractivity contribution in [1.82, 2.24) is 10.6 Å². The van der Waals surface area contributed by atoms with E-state index in [1.165, 1.54) is 0 Å². The van der Waals surface area contributed by atoms with Crippen LogP contribution in [-0.4, -0.2) is 36.1 Å². The molecule has 1 heterocycles. The minimum absolute atomic E-state index is 0.0941. The first-order chi connectivity index (χ1) is 16.1. The Kier molecular flexibility index (Phi) is 8.15. The van der Waals surface area contributed by atoms with Gasteiger partial charge >= 0.3 is 6.09 Å². The summed E-state index contributed by atoms with van der Waals surface area (Å²) in [5.41, 5.74) is 7.50. The number of carbonyl (C=O) groups excluding carboxylic acids is 2. The molecular weight excluding hydrogens is 432 g/mol. The number of alkyl carbamates (subject to hydrolysis) is 1. The number of ether oxygens (including phenoxy) is 2. The molecule has 2 aromatic rings. The average molecular weight is 467 g/mol. The maximum atomic E-state index is 12.5. The van der Waals surface area contributed by atoms with Gasteiger partial charge in [-0.2, -0.15) is 0 Å². The van der Waals surface area contributed by atoms with Crippen LogP contribution in [-0.2, 0) is 4.74 Å². The Labute approximate surface area is 200 Å². The zero-order valence-corrected chi connectivity index (χ0v) is 20.3. The number of nitrogens with one attached hydrogen (secondary N) is 2. The zero-order chi connectivity index (χ0) is 24.7. The Balaban J connectivity index is 1.63. The predicted molar refractivity (Wildman–Crippen MR) is 133 cm³/mol. The average Bonchev–Trinajstić information content (AvgIpc) is 2.78. The second-order valence-corrected chi connectivity index (χ2v) is 9.34. The number of hydrogen-bond acceptors (Lipinski definition) is 6. The highest BCUT2D eigenvalue weighted by atomic mass is 16.6. The van der Waals surface area contributed by atoms with Gasteiger partial charge < -0.3 is 25.8 Å². The number of aliphatic imine (C=N–C) groups is 1. The molecular formula is C26H34N4O4. The van der Waals surface area contributed by atoms with Crippen LogP contribution in [0.15, 0.2) is 53.5 Å². The van der Waals surface area contributed by atoms with Gasteiger partial charge in [0.1, 0.15) is 22.9 Å². The zero-order valence-electron chi connectivity index (χ0n) is 20.3. The number of benzene rings is 2. The quantitative estimate of drug-likeness (QED) is 0.491. The third kappa shape index (κ3) is 7.23. The molecule has 1 aliphatic rings. The molecule has 0 radical (unpaired) electrons. The number of nitrogens with two attached hydrogens (primary N) is 1. The first-order valence-corrected chi connectivity index (χ1v) is 11.6. The van der Waals surface area contributed by atoms with Crippen LogP contribution in [0.1, 0.15) is 68.9 Å². The molecule has 2 unspecified atom stereocenters. The van der Waals surface area contributed by atoms with E-state index in [0.29, 0.717) is 35.8 Å². The van der Waals surface area contributed by atoms with Crippen LogP contribution in [0.2, 0.25) is 0 Å². The Morgan fingerprint density at radius 1 is 1.15 bits per heavy atom. The van der Waals surface area contributed by atoms with Crippen LogP contribution in [0.5, 0.6) is 5.75 Å². The van der Waals surface area contributed by atoms with Crippen molar-refractivity contribution in [3.8, 4) is 5.75 Å². The molecule has 2 amide bonds. The monoisotopic (exact) mass is 466 g/mol. The van der Waals surface area contributed by atoms with Gasteiger partial charge in [-0.3, -0.25) is 4.79 Å². The van der Waals surface area contributed by atoms with Gasteiger partial charge in [-0.05, 0) is 76.8 Å². The Morgan fingerprint density at radius 3 is 2.59 bits per heavy atom. The van der Waals surface area contributed by atoms with Gasteiger partial charge in [0.15, 0.2) is 6.10 Å². The standard InChI is InChI=1S/C26H34N4O4/c1-17-23(27)29-21-16-19(13-14-22(21)33-17)20(30-25(32)34-26(2,3)4)12-8-9-15-28-24(31)18-10-6-5-7-11-18/h5-7,10-11,13-14,16-17,20H,8-9,12,15H2,1-4H3,(H2,27,29)(H,28,31)(H,30,32). The van der Waals surface area contributed by atoms with Crippen LogP contribution in [0.4, 0.5) is 10.5 Å². The largest absolute Gasteiger partial charge is 0.481 e. The summed E-state index contributed by atoms with van der Waals surface area (Å²) in [4.78, 5) is 29.2. The van der Waals surface area contributed by atoms with Crippen LogP contribution in [0, 0.1) is 0 Å². The van der Waals surface area contributed by atoms with Crippen LogP contribution in [0.25, 0.3) is 0 Å². The highest BCUT2D eigenvalue weighted by molar-refractivity contribution is 5.94. The van der Waals surface area contributed by atoms with Gasteiger partial charge in [0.25, 0.3) is 5.91 Å². The Hall–Kier alpha value is -3.55. The summed E-state index contributed by atoms with van der Waals surface area (Å²) >= 11 is 0. The summed E-state index contributed by atoms with van der Waals surface area (Å²) < 4.78 is 11.3. The molecule has 0 saturated carbocycles. The van der Waals surface area contributed by atoms with E-state index in [1.807, 2.05) is 64.1 Å². The summed E-state index contributed by atoms with van der Waals surface area (Å²) in [7, 11) is 0. The summed E-state index contributed by atoms with van der Waals surface area (Å²) in [6.07, 6.45) is 1.45. The van der Waals surface area contributed by atoms with Crippen molar-refractivity contribution in [3.05, 3.63) is 59.7 Å². The van der Waals surface area contributed by atoms with Crippen molar-refractivity contribution < 1.29 is 19.1 Å². The van der Waals surface area contributed by atoms with Crippen LogP contribution < -0.4 is 21.1 Å². The maximum Gasteiger partial charge on any atom is 0.408 e. The minimum atomic E-state index is -0.602. The minimum Gasteiger partial charge on any atom is -0.481 e. The van der Waals surface area contributed by atoms with Crippen molar-refractivity contribution in [3.63, 3.8) is 0 Å². The highest BCUT2D eigenvalue weighted by Gasteiger charge is 2.23. The first kappa shape index (κ1) is 25.1. The second kappa shape index (κ2) is 11.0. The molecule has 182 valence electrons. The van der Waals surface area contributed by atoms with E-state index in [0.717, 1.165) is 18.4 Å². The van der Waals surface area contributed by atoms with E-state index in [4.69, 9.17) is 15.2 Å². The second-order valence-electron chi connectivity index (χ2n) is 9.34. The van der Waals surface area contributed by atoms with Crippen molar-refractivity contribution in [2.45, 2.75) is 64.7 Å². The van der Waals surface area contributed by atoms with Crippen molar-refractivity contribution in [2.24, 2.45) is 10.7 Å². The van der Waals surface area contributed by atoms with Gasteiger partial charge in [-0.25, -0.2) is 9.79 Å². The molecule has 0 spiro atoms. The van der Waals surface area contributed by atoms with Crippen LogP contribution in [0.3, 0.4) is 0 Å². The maximum absolute atomic E-state index is 12.5. The molecule has 1 aliphatic heterocycles. The lowest BCUT2D eigenvalue weighted by atomic mass is 9.99.